The molecule has 0 amide bonds. The lowest BCUT2D eigenvalue weighted by Crippen LogP contribution is -2.38. The largest absolute Gasteiger partial charge is 0.462 e. The average Bonchev–Trinajstić information content (AvgIpc) is 2.99. The van der Waals surface area contributed by atoms with E-state index in [-0.39, 0.29) is 17.5 Å². The van der Waals surface area contributed by atoms with Crippen LogP contribution in [-0.4, -0.2) is 12.1 Å². The van der Waals surface area contributed by atoms with E-state index >= 15 is 0 Å². The van der Waals surface area contributed by atoms with Gasteiger partial charge in [-0.3, -0.25) is 4.79 Å². The minimum absolute atomic E-state index is 0.0785. The lowest BCUT2D eigenvalue weighted by atomic mass is 9.71. The second kappa shape index (κ2) is 5.14. The van der Waals surface area contributed by atoms with Gasteiger partial charge in [-0.05, 0) is 69.1 Å². The van der Waals surface area contributed by atoms with Crippen molar-refractivity contribution in [2.24, 2.45) is 22.7 Å². The number of hydrogen-bond donors (Lipinski definition) is 0. The highest BCUT2D eigenvalue weighted by molar-refractivity contribution is 5.78. The molecule has 3 rings (SSSR count). The lowest BCUT2D eigenvalue weighted by Gasteiger charge is -2.38. The van der Waals surface area contributed by atoms with E-state index in [0.29, 0.717) is 11.3 Å². The Labute approximate surface area is 129 Å². The maximum atomic E-state index is 12.7. The smallest absolute Gasteiger partial charge is 0.312 e. The van der Waals surface area contributed by atoms with Gasteiger partial charge in [-0.15, -0.1) is 0 Å². The Balaban J connectivity index is 1.54. The second-order valence-electron chi connectivity index (χ2n) is 8.84. The van der Waals surface area contributed by atoms with Gasteiger partial charge in [0.2, 0.25) is 0 Å². The molecule has 3 aliphatic carbocycles. The SMILES string of the molecule is CC(C)(C)C1CCC(OC(=O)C2(C)CC3=CCC2C3)CC1. The predicted molar refractivity (Wildman–Crippen MR) is 84.8 cm³/mol. The van der Waals surface area contributed by atoms with Crippen molar-refractivity contribution < 1.29 is 9.53 Å². The van der Waals surface area contributed by atoms with Crippen molar-refractivity contribution in [1.29, 1.82) is 0 Å². The van der Waals surface area contributed by atoms with Crippen LogP contribution in [-0.2, 0) is 9.53 Å². The number of carbonyl (C=O) groups excluding carboxylic acids is 1. The maximum Gasteiger partial charge on any atom is 0.312 e. The van der Waals surface area contributed by atoms with Gasteiger partial charge in [-0.1, -0.05) is 32.4 Å². The normalized spacial score (nSPS) is 39.2. The van der Waals surface area contributed by atoms with E-state index in [9.17, 15) is 4.79 Å². The van der Waals surface area contributed by atoms with Crippen molar-refractivity contribution in [2.45, 2.75) is 78.7 Å². The van der Waals surface area contributed by atoms with E-state index in [4.69, 9.17) is 4.74 Å². The Bertz CT molecular complexity index is 449. The summed E-state index contributed by atoms with van der Waals surface area (Å²) < 4.78 is 5.93. The van der Waals surface area contributed by atoms with Crippen molar-refractivity contribution in [2.75, 3.05) is 0 Å². The summed E-state index contributed by atoms with van der Waals surface area (Å²) in [7, 11) is 0. The summed E-state index contributed by atoms with van der Waals surface area (Å²) in [6.07, 6.45) is 10.1. The van der Waals surface area contributed by atoms with Gasteiger partial charge in [0, 0.05) is 0 Å². The molecule has 2 saturated carbocycles. The van der Waals surface area contributed by atoms with Crippen LogP contribution in [0.2, 0.25) is 0 Å². The molecule has 0 N–H and O–H groups in total. The van der Waals surface area contributed by atoms with Gasteiger partial charge >= 0.3 is 5.97 Å². The highest BCUT2D eigenvalue weighted by Gasteiger charge is 2.50. The fraction of sp³-hybridized carbons (Fsp3) is 0.842. The van der Waals surface area contributed by atoms with E-state index in [0.717, 1.165) is 38.0 Å². The first kappa shape index (κ1) is 15.1. The fourth-order valence-electron chi connectivity index (χ4n) is 4.61. The number of carbonyl (C=O) groups is 1. The topological polar surface area (TPSA) is 26.3 Å². The molecule has 0 heterocycles. The number of rotatable bonds is 2. The Hall–Kier alpha value is -0.790. The Kier molecular flexibility index (Phi) is 3.70. The molecule has 0 aliphatic heterocycles. The molecule has 3 aliphatic rings. The summed E-state index contributed by atoms with van der Waals surface area (Å²) >= 11 is 0. The molecule has 0 spiro atoms. The summed E-state index contributed by atoms with van der Waals surface area (Å²) in [6, 6.07) is 0. The molecular weight excluding hydrogens is 260 g/mol. The Morgan fingerprint density at radius 2 is 1.90 bits per heavy atom. The maximum absolute atomic E-state index is 12.7. The highest BCUT2D eigenvalue weighted by atomic mass is 16.5. The second-order valence-corrected chi connectivity index (χ2v) is 8.84. The van der Waals surface area contributed by atoms with E-state index in [1.807, 2.05) is 0 Å². The van der Waals surface area contributed by atoms with Crippen LogP contribution < -0.4 is 0 Å². The van der Waals surface area contributed by atoms with Gasteiger partial charge in [0.15, 0.2) is 0 Å². The highest BCUT2D eigenvalue weighted by Crippen LogP contribution is 2.53. The third-order valence-corrected chi connectivity index (χ3v) is 6.33. The van der Waals surface area contributed by atoms with Gasteiger partial charge < -0.3 is 4.74 Å². The average molecular weight is 290 g/mol. The lowest BCUT2D eigenvalue weighted by molar-refractivity contribution is -0.165. The zero-order valence-corrected chi connectivity index (χ0v) is 14.1. The summed E-state index contributed by atoms with van der Waals surface area (Å²) in [4.78, 5) is 12.7. The third kappa shape index (κ3) is 2.78. The number of hydrogen-bond acceptors (Lipinski definition) is 2. The zero-order valence-electron chi connectivity index (χ0n) is 14.1. The molecule has 21 heavy (non-hydrogen) atoms. The first-order valence-electron chi connectivity index (χ1n) is 8.68. The molecule has 2 nitrogen and oxygen atoms in total. The number of ether oxygens (including phenoxy) is 1. The number of allylic oxidation sites excluding steroid dienone is 2. The van der Waals surface area contributed by atoms with Crippen molar-refractivity contribution >= 4 is 5.97 Å². The van der Waals surface area contributed by atoms with Gasteiger partial charge in [-0.2, -0.15) is 0 Å². The number of fused-ring (bicyclic) bond motifs is 2. The standard InChI is InChI=1S/C19H30O2/c1-18(2,3)14-7-9-16(10-8-14)21-17(20)19(4)12-13-5-6-15(19)11-13/h5,14-16H,6-12H2,1-4H3. The molecule has 0 radical (unpaired) electrons. The van der Waals surface area contributed by atoms with Crippen LogP contribution in [0.25, 0.3) is 0 Å². The van der Waals surface area contributed by atoms with Gasteiger partial charge in [0.1, 0.15) is 6.10 Å². The Morgan fingerprint density at radius 1 is 1.24 bits per heavy atom. The fourth-order valence-corrected chi connectivity index (χ4v) is 4.61. The summed E-state index contributed by atoms with van der Waals surface area (Å²) in [5.74, 6) is 1.36. The van der Waals surface area contributed by atoms with Crippen LogP contribution in [0.5, 0.6) is 0 Å². The van der Waals surface area contributed by atoms with Gasteiger partial charge in [-0.25, -0.2) is 0 Å². The van der Waals surface area contributed by atoms with E-state index in [1.54, 1.807) is 0 Å². The number of esters is 1. The van der Waals surface area contributed by atoms with Crippen LogP contribution in [0, 0.1) is 22.7 Å². The summed E-state index contributed by atoms with van der Waals surface area (Å²) in [5.41, 5.74) is 1.64. The molecule has 2 fully saturated rings. The van der Waals surface area contributed by atoms with Crippen molar-refractivity contribution in [3.05, 3.63) is 11.6 Å². The van der Waals surface area contributed by atoms with E-state index in [2.05, 4.69) is 33.8 Å². The molecule has 0 saturated heterocycles. The molecule has 0 aromatic heterocycles. The van der Waals surface area contributed by atoms with Crippen LogP contribution in [0.15, 0.2) is 11.6 Å². The molecule has 0 aromatic carbocycles. The predicted octanol–water partition coefficient (Wildman–Crippen LogP) is 4.88. The molecule has 2 heteroatoms. The first-order valence-corrected chi connectivity index (χ1v) is 8.68. The van der Waals surface area contributed by atoms with E-state index < -0.39 is 0 Å². The summed E-state index contributed by atoms with van der Waals surface area (Å²) in [6.45, 7) is 9.11. The van der Waals surface area contributed by atoms with Crippen molar-refractivity contribution in [1.82, 2.24) is 0 Å². The summed E-state index contributed by atoms with van der Waals surface area (Å²) in [5, 5.41) is 0. The monoisotopic (exact) mass is 290 g/mol. The van der Waals surface area contributed by atoms with Crippen molar-refractivity contribution in [3.63, 3.8) is 0 Å². The van der Waals surface area contributed by atoms with Gasteiger partial charge in [0.25, 0.3) is 0 Å². The molecule has 2 unspecified atom stereocenters. The molecule has 118 valence electrons. The van der Waals surface area contributed by atoms with Crippen LogP contribution >= 0.6 is 0 Å². The molecule has 2 bridgehead atoms. The zero-order chi connectivity index (χ0) is 15.3. The van der Waals surface area contributed by atoms with Crippen LogP contribution in [0.4, 0.5) is 0 Å². The third-order valence-electron chi connectivity index (χ3n) is 6.33. The van der Waals surface area contributed by atoms with Crippen molar-refractivity contribution in [3.8, 4) is 0 Å². The molecule has 0 aromatic rings. The van der Waals surface area contributed by atoms with Gasteiger partial charge in [0.05, 0.1) is 5.41 Å². The molecule has 2 atom stereocenters. The molecular formula is C19H30O2. The van der Waals surface area contributed by atoms with E-state index in [1.165, 1.54) is 18.4 Å². The van der Waals surface area contributed by atoms with Crippen LogP contribution in [0.3, 0.4) is 0 Å². The minimum Gasteiger partial charge on any atom is -0.462 e. The van der Waals surface area contributed by atoms with Crippen LogP contribution in [0.1, 0.15) is 72.6 Å². The Morgan fingerprint density at radius 3 is 2.38 bits per heavy atom. The quantitative estimate of drug-likeness (QED) is 0.535. The minimum atomic E-state index is -0.231. The first-order chi connectivity index (χ1) is 9.79.